The number of thioether (sulfide) groups is 1. The SMILES string of the molecule is CSC1=NC(=Cc2ccccc2)C(=O)N1C. The summed E-state index contributed by atoms with van der Waals surface area (Å²) in [5.41, 5.74) is 1.49. The van der Waals surface area contributed by atoms with Crippen LogP contribution in [0, 0.1) is 0 Å². The van der Waals surface area contributed by atoms with Gasteiger partial charge in [0.05, 0.1) is 0 Å². The van der Waals surface area contributed by atoms with E-state index in [-0.39, 0.29) is 5.91 Å². The lowest BCUT2D eigenvalue weighted by Gasteiger charge is -2.07. The summed E-state index contributed by atoms with van der Waals surface area (Å²) in [5.74, 6) is -0.0480. The van der Waals surface area contributed by atoms with Crippen LogP contribution in [0.15, 0.2) is 41.0 Å². The minimum atomic E-state index is -0.0480. The van der Waals surface area contributed by atoms with Gasteiger partial charge in [-0.1, -0.05) is 42.1 Å². The summed E-state index contributed by atoms with van der Waals surface area (Å²) in [5, 5.41) is 0.743. The Labute approximate surface area is 98.9 Å². The Morgan fingerprint density at radius 1 is 1.31 bits per heavy atom. The van der Waals surface area contributed by atoms with Crippen LogP contribution in [0.1, 0.15) is 5.56 Å². The highest BCUT2D eigenvalue weighted by Crippen LogP contribution is 2.20. The summed E-state index contributed by atoms with van der Waals surface area (Å²) >= 11 is 1.47. The molecule has 1 amide bonds. The molecule has 82 valence electrons. The number of amidine groups is 1. The van der Waals surface area contributed by atoms with E-state index in [4.69, 9.17) is 0 Å². The van der Waals surface area contributed by atoms with Crippen LogP contribution in [-0.4, -0.2) is 29.3 Å². The van der Waals surface area contributed by atoms with Crippen LogP contribution >= 0.6 is 11.8 Å². The Bertz CT molecular complexity index is 465. The molecule has 0 saturated carbocycles. The van der Waals surface area contributed by atoms with Crippen molar-refractivity contribution >= 4 is 28.9 Å². The highest BCUT2D eigenvalue weighted by molar-refractivity contribution is 8.13. The number of carbonyl (C=O) groups excluding carboxylic acids is 1. The van der Waals surface area contributed by atoms with E-state index in [0.717, 1.165) is 10.7 Å². The maximum atomic E-state index is 11.8. The molecule has 0 saturated heterocycles. The number of aliphatic imine (C=N–C) groups is 1. The first kappa shape index (κ1) is 11.0. The van der Waals surface area contributed by atoms with Crippen LogP contribution in [0.2, 0.25) is 0 Å². The van der Waals surface area contributed by atoms with E-state index < -0.39 is 0 Å². The van der Waals surface area contributed by atoms with Crippen molar-refractivity contribution in [1.82, 2.24) is 4.90 Å². The van der Waals surface area contributed by atoms with Gasteiger partial charge in [0, 0.05) is 7.05 Å². The Balaban J connectivity index is 2.33. The first-order valence-corrected chi connectivity index (χ1v) is 6.12. The number of hydrogen-bond acceptors (Lipinski definition) is 3. The molecule has 0 fully saturated rings. The van der Waals surface area contributed by atoms with Crippen LogP contribution in [-0.2, 0) is 4.79 Å². The molecule has 1 aliphatic rings. The first-order chi connectivity index (χ1) is 7.72. The van der Waals surface area contributed by atoms with Crippen LogP contribution in [0.3, 0.4) is 0 Å². The van der Waals surface area contributed by atoms with Crippen LogP contribution in [0.5, 0.6) is 0 Å². The highest BCUT2D eigenvalue weighted by atomic mass is 32.2. The number of rotatable bonds is 1. The molecule has 0 radical (unpaired) electrons. The molecule has 1 aromatic rings. The van der Waals surface area contributed by atoms with E-state index in [9.17, 15) is 4.79 Å². The van der Waals surface area contributed by atoms with Gasteiger partial charge in [-0.25, -0.2) is 4.99 Å². The fourth-order valence-electron chi connectivity index (χ4n) is 1.47. The summed E-state index contributed by atoms with van der Waals surface area (Å²) in [4.78, 5) is 17.7. The van der Waals surface area contributed by atoms with Crippen molar-refractivity contribution in [1.29, 1.82) is 0 Å². The molecular formula is C12H12N2OS. The molecule has 0 unspecified atom stereocenters. The molecular weight excluding hydrogens is 220 g/mol. The van der Waals surface area contributed by atoms with Gasteiger partial charge in [0.1, 0.15) is 5.70 Å². The number of carbonyl (C=O) groups is 1. The van der Waals surface area contributed by atoms with Gasteiger partial charge in [-0.2, -0.15) is 0 Å². The third kappa shape index (κ3) is 2.02. The number of likely N-dealkylation sites (N-methyl/N-ethyl adjacent to an activating group) is 1. The van der Waals surface area contributed by atoms with Crippen molar-refractivity contribution in [2.45, 2.75) is 0 Å². The van der Waals surface area contributed by atoms with Crippen molar-refractivity contribution < 1.29 is 4.79 Å². The second-order valence-corrected chi connectivity index (χ2v) is 4.18. The van der Waals surface area contributed by atoms with Gasteiger partial charge in [0.15, 0.2) is 5.17 Å². The van der Waals surface area contributed by atoms with Crippen molar-refractivity contribution in [3.05, 3.63) is 41.6 Å². The number of nitrogens with zero attached hydrogens (tertiary/aromatic N) is 2. The second-order valence-electron chi connectivity index (χ2n) is 3.40. The Morgan fingerprint density at radius 2 is 2.00 bits per heavy atom. The summed E-state index contributed by atoms with van der Waals surface area (Å²) in [6.07, 6.45) is 3.72. The van der Waals surface area contributed by atoms with Gasteiger partial charge < -0.3 is 0 Å². The van der Waals surface area contributed by atoms with Gasteiger partial charge in [-0.05, 0) is 17.9 Å². The van der Waals surface area contributed by atoms with Crippen LogP contribution in [0.25, 0.3) is 6.08 Å². The van der Waals surface area contributed by atoms with Gasteiger partial charge in [-0.3, -0.25) is 9.69 Å². The van der Waals surface area contributed by atoms with Gasteiger partial charge >= 0.3 is 0 Å². The minimum Gasteiger partial charge on any atom is -0.289 e. The fraction of sp³-hybridized carbons (Fsp3) is 0.167. The first-order valence-electron chi connectivity index (χ1n) is 4.90. The molecule has 0 aliphatic carbocycles. The lowest BCUT2D eigenvalue weighted by molar-refractivity contribution is -0.121. The van der Waals surface area contributed by atoms with E-state index in [1.54, 1.807) is 11.9 Å². The number of hydrogen-bond donors (Lipinski definition) is 0. The quantitative estimate of drug-likeness (QED) is 0.695. The van der Waals surface area contributed by atoms with E-state index in [0.29, 0.717) is 5.70 Å². The van der Waals surface area contributed by atoms with E-state index in [1.165, 1.54) is 11.8 Å². The van der Waals surface area contributed by atoms with Crippen molar-refractivity contribution in [3.63, 3.8) is 0 Å². The summed E-state index contributed by atoms with van der Waals surface area (Å²) < 4.78 is 0. The molecule has 16 heavy (non-hydrogen) atoms. The summed E-state index contributed by atoms with van der Waals surface area (Å²) in [6.45, 7) is 0. The van der Waals surface area contributed by atoms with E-state index in [2.05, 4.69) is 4.99 Å². The smallest absolute Gasteiger partial charge is 0.278 e. The zero-order valence-corrected chi connectivity index (χ0v) is 9.99. The molecule has 3 nitrogen and oxygen atoms in total. The third-order valence-corrected chi connectivity index (χ3v) is 3.04. The average Bonchev–Trinajstić information content (AvgIpc) is 2.58. The predicted molar refractivity (Wildman–Crippen MR) is 68.1 cm³/mol. The molecule has 2 rings (SSSR count). The fourth-order valence-corrected chi connectivity index (χ4v) is 2.01. The van der Waals surface area contributed by atoms with Gasteiger partial charge in [0.2, 0.25) is 0 Å². The second kappa shape index (κ2) is 4.53. The topological polar surface area (TPSA) is 32.7 Å². The van der Waals surface area contributed by atoms with Crippen LogP contribution < -0.4 is 0 Å². The lowest BCUT2D eigenvalue weighted by Crippen LogP contribution is -2.25. The van der Waals surface area contributed by atoms with Gasteiger partial charge in [0.25, 0.3) is 5.91 Å². The maximum Gasteiger partial charge on any atom is 0.278 e. The van der Waals surface area contributed by atoms with E-state index >= 15 is 0 Å². The zero-order chi connectivity index (χ0) is 11.5. The van der Waals surface area contributed by atoms with E-state index in [1.807, 2.05) is 42.7 Å². The molecule has 0 bridgehead atoms. The largest absolute Gasteiger partial charge is 0.289 e. The molecule has 0 atom stereocenters. The monoisotopic (exact) mass is 232 g/mol. The normalized spacial score (nSPS) is 18.1. The number of benzene rings is 1. The summed E-state index contributed by atoms with van der Waals surface area (Å²) in [7, 11) is 1.74. The number of amides is 1. The molecule has 1 heterocycles. The molecule has 4 heteroatoms. The van der Waals surface area contributed by atoms with Crippen molar-refractivity contribution in [3.8, 4) is 0 Å². The summed E-state index contributed by atoms with van der Waals surface area (Å²) in [6, 6.07) is 9.73. The lowest BCUT2D eigenvalue weighted by atomic mass is 10.2. The standard InChI is InChI=1S/C12H12N2OS/c1-14-11(15)10(13-12(14)16-2)8-9-6-4-3-5-7-9/h3-8H,1-2H3. The molecule has 0 aromatic heterocycles. The highest BCUT2D eigenvalue weighted by Gasteiger charge is 2.25. The molecule has 0 spiro atoms. The minimum absolute atomic E-state index is 0.0480. The molecule has 0 N–H and O–H groups in total. The van der Waals surface area contributed by atoms with Crippen molar-refractivity contribution in [2.75, 3.05) is 13.3 Å². The third-order valence-electron chi connectivity index (χ3n) is 2.31. The van der Waals surface area contributed by atoms with Gasteiger partial charge in [-0.15, -0.1) is 0 Å². The molecule has 1 aromatic carbocycles. The zero-order valence-electron chi connectivity index (χ0n) is 9.18. The average molecular weight is 232 g/mol. The molecule has 1 aliphatic heterocycles. The van der Waals surface area contributed by atoms with Crippen molar-refractivity contribution in [2.24, 2.45) is 4.99 Å². The Kier molecular flexibility index (Phi) is 3.10. The predicted octanol–water partition coefficient (Wildman–Crippen LogP) is 2.22. The van der Waals surface area contributed by atoms with Crippen LogP contribution in [0.4, 0.5) is 0 Å². The Hall–Kier alpha value is -1.55. The Morgan fingerprint density at radius 3 is 2.56 bits per heavy atom. The maximum absolute atomic E-state index is 11.8.